The van der Waals surface area contributed by atoms with E-state index >= 15 is 0 Å². The first-order valence-electron chi connectivity index (χ1n) is 7.48. The van der Waals surface area contributed by atoms with Crippen LogP contribution in [0.15, 0.2) is 0 Å². The second-order valence-electron chi connectivity index (χ2n) is 6.98. The van der Waals surface area contributed by atoms with Gasteiger partial charge in [-0.25, -0.2) is 0 Å². The minimum Gasteiger partial charge on any atom is -0.326 e. The summed E-state index contributed by atoms with van der Waals surface area (Å²) < 4.78 is 0. The van der Waals surface area contributed by atoms with Crippen molar-refractivity contribution in [1.29, 1.82) is 0 Å². The molecular formula is C15H26N2O2. The second-order valence-corrected chi connectivity index (χ2v) is 6.98. The van der Waals surface area contributed by atoms with E-state index < -0.39 is 0 Å². The number of rotatable bonds is 3. The van der Waals surface area contributed by atoms with Gasteiger partial charge in [0.25, 0.3) is 0 Å². The van der Waals surface area contributed by atoms with Gasteiger partial charge in [0.15, 0.2) is 0 Å². The van der Waals surface area contributed by atoms with Gasteiger partial charge in [-0.2, -0.15) is 0 Å². The van der Waals surface area contributed by atoms with Crippen LogP contribution >= 0.6 is 0 Å². The summed E-state index contributed by atoms with van der Waals surface area (Å²) in [7, 11) is 0. The molecule has 4 heteroatoms. The van der Waals surface area contributed by atoms with E-state index in [9.17, 15) is 9.59 Å². The van der Waals surface area contributed by atoms with Gasteiger partial charge in [0.1, 0.15) is 0 Å². The summed E-state index contributed by atoms with van der Waals surface area (Å²) in [6.45, 7) is 4.36. The van der Waals surface area contributed by atoms with Crippen LogP contribution in [0.3, 0.4) is 0 Å². The smallest absolute Gasteiger partial charge is 0.229 e. The third-order valence-corrected chi connectivity index (χ3v) is 4.51. The average Bonchev–Trinajstić information content (AvgIpc) is 2.33. The molecule has 1 saturated heterocycles. The van der Waals surface area contributed by atoms with E-state index in [-0.39, 0.29) is 23.3 Å². The van der Waals surface area contributed by atoms with Crippen molar-refractivity contribution in [2.75, 3.05) is 6.54 Å². The monoisotopic (exact) mass is 266 g/mol. The largest absolute Gasteiger partial charge is 0.326 e. The van der Waals surface area contributed by atoms with Gasteiger partial charge < -0.3 is 5.73 Å². The maximum Gasteiger partial charge on any atom is 0.229 e. The van der Waals surface area contributed by atoms with Crippen LogP contribution in [0.25, 0.3) is 0 Å². The number of hydrogen-bond acceptors (Lipinski definition) is 3. The highest BCUT2D eigenvalue weighted by Gasteiger charge is 2.38. The molecule has 0 aromatic heterocycles. The van der Waals surface area contributed by atoms with Crippen molar-refractivity contribution < 1.29 is 9.59 Å². The summed E-state index contributed by atoms with van der Waals surface area (Å²) in [4.78, 5) is 25.6. The summed E-state index contributed by atoms with van der Waals surface area (Å²) in [5.41, 5.74) is 6.03. The van der Waals surface area contributed by atoms with Crippen molar-refractivity contribution in [3.63, 3.8) is 0 Å². The zero-order chi connectivity index (χ0) is 14.0. The van der Waals surface area contributed by atoms with Crippen LogP contribution in [0, 0.1) is 11.3 Å². The average molecular weight is 266 g/mol. The van der Waals surface area contributed by atoms with Crippen molar-refractivity contribution in [2.45, 2.75) is 64.8 Å². The van der Waals surface area contributed by atoms with Gasteiger partial charge in [-0.15, -0.1) is 0 Å². The predicted molar refractivity (Wildman–Crippen MR) is 74.3 cm³/mol. The van der Waals surface area contributed by atoms with Crippen molar-refractivity contribution in [1.82, 2.24) is 4.90 Å². The highest BCUT2D eigenvalue weighted by molar-refractivity contribution is 5.98. The van der Waals surface area contributed by atoms with Crippen LogP contribution in [0.5, 0.6) is 0 Å². The molecule has 0 bridgehead atoms. The van der Waals surface area contributed by atoms with Gasteiger partial charge in [-0.3, -0.25) is 14.5 Å². The molecule has 0 aromatic rings. The van der Waals surface area contributed by atoms with Crippen LogP contribution in [-0.4, -0.2) is 29.3 Å². The number of likely N-dealkylation sites (tertiary alicyclic amines) is 1. The Kier molecular flexibility index (Phi) is 4.29. The highest BCUT2D eigenvalue weighted by Crippen LogP contribution is 2.32. The minimum absolute atomic E-state index is 0.0468. The van der Waals surface area contributed by atoms with E-state index in [1.807, 2.05) is 13.8 Å². The number of hydrogen-bond donors (Lipinski definition) is 1. The van der Waals surface area contributed by atoms with Crippen LogP contribution in [-0.2, 0) is 9.59 Å². The van der Waals surface area contributed by atoms with Gasteiger partial charge >= 0.3 is 0 Å². The first-order chi connectivity index (χ1) is 8.89. The van der Waals surface area contributed by atoms with E-state index in [0.29, 0.717) is 25.3 Å². The SMILES string of the molecule is CC1(C)CC(=O)N(CC(N)C2CCCCC2)C(=O)C1. The standard InChI is InChI=1S/C15H26N2O2/c1-15(2)8-13(18)17(14(19)9-15)10-12(16)11-6-4-3-5-7-11/h11-12H,3-10,16H2,1-2H3. The molecule has 19 heavy (non-hydrogen) atoms. The van der Waals surface area contributed by atoms with Crippen LogP contribution in [0.1, 0.15) is 58.8 Å². The van der Waals surface area contributed by atoms with E-state index in [2.05, 4.69) is 0 Å². The molecule has 1 aliphatic heterocycles. The van der Waals surface area contributed by atoms with E-state index in [1.165, 1.54) is 24.2 Å². The lowest BCUT2D eigenvalue weighted by molar-refractivity contribution is -0.152. The Morgan fingerprint density at radius 1 is 1.16 bits per heavy atom. The van der Waals surface area contributed by atoms with Gasteiger partial charge in [0.2, 0.25) is 11.8 Å². The zero-order valence-corrected chi connectivity index (χ0v) is 12.2. The molecule has 0 spiro atoms. The summed E-state index contributed by atoms with van der Waals surface area (Å²) in [6.07, 6.45) is 6.94. The predicted octanol–water partition coefficient (Wildman–Crippen LogP) is 2.07. The normalized spacial score (nSPS) is 26.6. The van der Waals surface area contributed by atoms with Crippen molar-refractivity contribution in [2.24, 2.45) is 17.1 Å². The summed E-state index contributed by atoms with van der Waals surface area (Å²) in [6, 6.07) is -0.0468. The third-order valence-electron chi connectivity index (χ3n) is 4.51. The molecular weight excluding hydrogens is 240 g/mol. The van der Waals surface area contributed by atoms with Crippen LogP contribution in [0.2, 0.25) is 0 Å². The molecule has 2 aliphatic rings. The number of carbonyl (C=O) groups is 2. The van der Waals surface area contributed by atoms with Gasteiger partial charge in [0, 0.05) is 25.4 Å². The molecule has 1 atom stereocenters. The first-order valence-corrected chi connectivity index (χ1v) is 7.48. The molecule has 0 aromatic carbocycles. The molecule has 2 fully saturated rings. The number of piperidine rings is 1. The molecule has 0 radical (unpaired) electrons. The van der Waals surface area contributed by atoms with Crippen molar-refractivity contribution in [3.05, 3.63) is 0 Å². The lowest BCUT2D eigenvalue weighted by Crippen LogP contribution is -2.52. The Balaban J connectivity index is 1.94. The molecule has 4 nitrogen and oxygen atoms in total. The van der Waals surface area contributed by atoms with Gasteiger partial charge in [0.05, 0.1) is 0 Å². The number of amides is 2. The van der Waals surface area contributed by atoms with Gasteiger partial charge in [-0.1, -0.05) is 33.1 Å². The Morgan fingerprint density at radius 2 is 1.68 bits per heavy atom. The molecule has 2 N–H and O–H groups in total. The Bertz CT molecular complexity index is 339. The molecule has 2 amide bonds. The van der Waals surface area contributed by atoms with Crippen LogP contribution < -0.4 is 5.73 Å². The Labute approximate surface area is 115 Å². The minimum atomic E-state index is -0.195. The molecule has 1 aliphatic carbocycles. The first kappa shape index (κ1) is 14.5. The maximum absolute atomic E-state index is 12.1. The van der Waals surface area contributed by atoms with E-state index in [4.69, 9.17) is 5.73 Å². The quantitative estimate of drug-likeness (QED) is 0.795. The molecule has 108 valence electrons. The fourth-order valence-electron chi connectivity index (χ4n) is 3.34. The maximum atomic E-state index is 12.1. The topological polar surface area (TPSA) is 63.4 Å². The fraction of sp³-hybridized carbons (Fsp3) is 0.867. The van der Waals surface area contributed by atoms with Crippen LogP contribution in [0.4, 0.5) is 0 Å². The summed E-state index contributed by atoms with van der Waals surface area (Å²) in [5, 5.41) is 0. The molecule has 1 heterocycles. The summed E-state index contributed by atoms with van der Waals surface area (Å²) >= 11 is 0. The van der Waals surface area contributed by atoms with Crippen molar-refractivity contribution >= 4 is 11.8 Å². The fourth-order valence-corrected chi connectivity index (χ4v) is 3.34. The Morgan fingerprint density at radius 3 is 2.21 bits per heavy atom. The summed E-state index contributed by atoms with van der Waals surface area (Å²) in [5.74, 6) is 0.379. The number of carbonyl (C=O) groups excluding carboxylic acids is 2. The lowest BCUT2D eigenvalue weighted by Gasteiger charge is -2.37. The third kappa shape index (κ3) is 3.56. The Hall–Kier alpha value is -0.900. The number of nitrogens with zero attached hydrogens (tertiary/aromatic N) is 1. The second kappa shape index (κ2) is 5.61. The molecule has 1 unspecified atom stereocenters. The highest BCUT2D eigenvalue weighted by atomic mass is 16.2. The van der Waals surface area contributed by atoms with E-state index in [0.717, 1.165) is 12.8 Å². The number of imide groups is 1. The van der Waals surface area contributed by atoms with E-state index in [1.54, 1.807) is 0 Å². The van der Waals surface area contributed by atoms with Gasteiger partial charge in [-0.05, 0) is 24.2 Å². The molecule has 2 rings (SSSR count). The zero-order valence-electron chi connectivity index (χ0n) is 12.2. The molecule has 1 saturated carbocycles. The number of nitrogens with two attached hydrogens (primary N) is 1. The lowest BCUT2D eigenvalue weighted by atomic mass is 9.80. The van der Waals surface area contributed by atoms with Crippen molar-refractivity contribution in [3.8, 4) is 0 Å².